The van der Waals surface area contributed by atoms with Gasteiger partial charge in [-0.25, -0.2) is 9.67 Å². The fraction of sp³-hybridized carbons (Fsp3) is 0.208. The summed E-state index contributed by atoms with van der Waals surface area (Å²) in [5.41, 5.74) is 5.88. The standard InChI is InChI=1S/C24H21Cl2N3OS2/c1-13(2)31-23-22(16-9-10-18(25)19(26)11-16)27-24(32-23)29-20(12-30)21(15(4)28-29)17-8-6-5-7-14(17)3/h5-13H,1-4H3. The molecule has 2 heterocycles. The summed E-state index contributed by atoms with van der Waals surface area (Å²) in [6, 6.07) is 13.5. The quantitative estimate of drug-likeness (QED) is 0.199. The summed E-state index contributed by atoms with van der Waals surface area (Å²) in [5, 5.41) is 6.68. The maximum absolute atomic E-state index is 12.2. The third-order valence-corrected chi connectivity index (χ3v) is 7.91. The molecule has 4 rings (SSSR count). The highest BCUT2D eigenvalue weighted by molar-refractivity contribution is 8.01. The van der Waals surface area contributed by atoms with Crippen molar-refractivity contribution in [3.63, 3.8) is 0 Å². The van der Waals surface area contributed by atoms with E-state index >= 15 is 0 Å². The lowest BCUT2D eigenvalue weighted by Crippen LogP contribution is -2.01. The number of rotatable bonds is 6. The van der Waals surface area contributed by atoms with Crippen LogP contribution in [0, 0.1) is 13.8 Å². The van der Waals surface area contributed by atoms with Gasteiger partial charge < -0.3 is 0 Å². The van der Waals surface area contributed by atoms with Crippen LogP contribution in [0.5, 0.6) is 0 Å². The molecule has 0 saturated carbocycles. The summed E-state index contributed by atoms with van der Waals surface area (Å²) in [4.78, 5) is 17.1. The summed E-state index contributed by atoms with van der Waals surface area (Å²) in [5.74, 6) is 0. The number of nitrogens with zero attached hydrogens (tertiary/aromatic N) is 3. The van der Waals surface area contributed by atoms with Crippen LogP contribution in [0.25, 0.3) is 27.5 Å². The summed E-state index contributed by atoms with van der Waals surface area (Å²) in [6.45, 7) is 8.22. The third kappa shape index (κ3) is 4.37. The smallest absolute Gasteiger partial charge is 0.212 e. The first kappa shape index (κ1) is 23.1. The van der Waals surface area contributed by atoms with E-state index in [1.54, 1.807) is 22.5 Å². The third-order valence-electron chi connectivity index (χ3n) is 4.92. The lowest BCUT2D eigenvalue weighted by Gasteiger charge is -2.05. The SMILES string of the molecule is Cc1ccccc1-c1c(C)nn(-c2nc(-c3ccc(Cl)c(Cl)c3)c(SC(C)C)s2)c1C=O. The molecular weight excluding hydrogens is 481 g/mol. The molecule has 0 aliphatic heterocycles. The van der Waals surface area contributed by atoms with Gasteiger partial charge in [0.05, 0.1) is 25.6 Å². The van der Waals surface area contributed by atoms with Crippen LogP contribution in [0.3, 0.4) is 0 Å². The van der Waals surface area contributed by atoms with Crippen molar-refractivity contribution in [1.29, 1.82) is 0 Å². The summed E-state index contributed by atoms with van der Waals surface area (Å²) < 4.78 is 2.69. The van der Waals surface area contributed by atoms with Gasteiger partial charge >= 0.3 is 0 Å². The number of halogens is 2. The highest BCUT2D eigenvalue weighted by Gasteiger charge is 2.23. The van der Waals surface area contributed by atoms with Crippen LogP contribution in [0.4, 0.5) is 0 Å². The van der Waals surface area contributed by atoms with Crippen LogP contribution in [-0.4, -0.2) is 26.3 Å². The summed E-state index contributed by atoms with van der Waals surface area (Å²) >= 11 is 15.6. The minimum Gasteiger partial charge on any atom is -0.296 e. The van der Waals surface area contributed by atoms with Gasteiger partial charge in [0.25, 0.3) is 0 Å². The Kier molecular flexibility index (Phi) is 6.77. The molecule has 0 spiro atoms. The second-order valence-corrected chi connectivity index (χ2v) is 11.3. The van der Waals surface area contributed by atoms with E-state index in [1.807, 2.05) is 50.2 Å². The van der Waals surface area contributed by atoms with E-state index < -0.39 is 0 Å². The van der Waals surface area contributed by atoms with E-state index in [0.717, 1.165) is 44.1 Å². The molecule has 0 atom stereocenters. The van der Waals surface area contributed by atoms with Gasteiger partial charge in [-0.15, -0.1) is 11.8 Å². The van der Waals surface area contributed by atoms with Crippen molar-refractivity contribution in [2.45, 2.75) is 37.2 Å². The molecule has 0 aliphatic carbocycles. The van der Waals surface area contributed by atoms with E-state index in [2.05, 4.69) is 13.8 Å². The highest BCUT2D eigenvalue weighted by Crippen LogP contribution is 2.42. The monoisotopic (exact) mass is 501 g/mol. The molecule has 4 aromatic rings. The van der Waals surface area contributed by atoms with Gasteiger partial charge in [0, 0.05) is 16.4 Å². The predicted octanol–water partition coefficient (Wildman–Crippen LogP) is 7.90. The fourth-order valence-electron chi connectivity index (χ4n) is 3.49. The van der Waals surface area contributed by atoms with Crippen molar-refractivity contribution < 1.29 is 4.79 Å². The molecule has 8 heteroatoms. The average Bonchev–Trinajstić information content (AvgIpc) is 3.30. The van der Waals surface area contributed by atoms with Gasteiger partial charge in [0.15, 0.2) is 6.29 Å². The molecule has 2 aromatic carbocycles. The van der Waals surface area contributed by atoms with Gasteiger partial charge in [-0.1, -0.05) is 78.7 Å². The first-order valence-electron chi connectivity index (χ1n) is 10.0. The Labute approximate surface area is 205 Å². The van der Waals surface area contributed by atoms with E-state index in [9.17, 15) is 4.79 Å². The Morgan fingerprint density at radius 1 is 1.09 bits per heavy atom. The van der Waals surface area contributed by atoms with Crippen molar-refractivity contribution in [1.82, 2.24) is 14.8 Å². The van der Waals surface area contributed by atoms with Crippen molar-refractivity contribution in [2.75, 3.05) is 0 Å². The van der Waals surface area contributed by atoms with Crippen molar-refractivity contribution >= 4 is 52.6 Å². The number of carbonyl (C=O) groups excluding carboxylic acids is 1. The number of benzene rings is 2. The van der Waals surface area contributed by atoms with Gasteiger partial charge in [0.2, 0.25) is 5.13 Å². The molecule has 0 bridgehead atoms. The van der Waals surface area contributed by atoms with Gasteiger partial charge in [0.1, 0.15) is 5.69 Å². The lowest BCUT2D eigenvalue weighted by molar-refractivity contribution is 0.111. The second-order valence-electron chi connectivity index (χ2n) is 7.62. The molecule has 164 valence electrons. The van der Waals surface area contributed by atoms with Gasteiger partial charge in [-0.2, -0.15) is 5.10 Å². The van der Waals surface area contributed by atoms with Crippen LogP contribution in [0.1, 0.15) is 35.6 Å². The fourth-order valence-corrected chi connectivity index (χ4v) is 6.28. The normalized spacial score (nSPS) is 11.3. The minimum atomic E-state index is 0.359. The number of hydrogen-bond acceptors (Lipinski definition) is 5. The zero-order chi connectivity index (χ0) is 23.0. The number of aldehydes is 1. The zero-order valence-corrected chi connectivity index (χ0v) is 21.2. The maximum Gasteiger partial charge on any atom is 0.212 e. The van der Waals surface area contributed by atoms with Gasteiger partial charge in [-0.05, 0) is 37.1 Å². The molecule has 0 N–H and O–H groups in total. The zero-order valence-electron chi connectivity index (χ0n) is 18.0. The van der Waals surface area contributed by atoms with Gasteiger partial charge in [-0.3, -0.25) is 4.79 Å². The van der Waals surface area contributed by atoms with Crippen molar-refractivity contribution in [3.05, 3.63) is 69.5 Å². The first-order chi connectivity index (χ1) is 15.3. The van der Waals surface area contributed by atoms with E-state index in [-0.39, 0.29) is 0 Å². The second kappa shape index (κ2) is 9.40. The van der Waals surface area contributed by atoms with Crippen LogP contribution in [0.15, 0.2) is 46.7 Å². The maximum atomic E-state index is 12.2. The van der Waals surface area contributed by atoms with Crippen LogP contribution in [0.2, 0.25) is 10.0 Å². The van der Waals surface area contributed by atoms with E-state index in [4.69, 9.17) is 33.3 Å². The van der Waals surface area contributed by atoms with Crippen LogP contribution < -0.4 is 0 Å². The van der Waals surface area contributed by atoms with Crippen molar-refractivity contribution in [2.24, 2.45) is 0 Å². The van der Waals surface area contributed by atoms with Crippen LogP contribution in [-0.2, 0) is 0 Å². The molecule has 0 unspecified atom stereocenters. The Morgan fingerprint density at radius 3 is 2.50 bits per heavy atom. The number of hydrogen-bond donors (Lipinski definition) is 0. The molecule has 0 aliphatic rings. The number of thiazole rings is 1. The molecule has 0 radical (unpaired) electrons. The number of carbonyl (C=O) groups is 1. The van der Waals surface area contributed by atoms with Crippen LogP contribution >= 0.6 is 46.3 Å². The predicted molar refractivity (Wildman–Crippen MR) is 136 cm³/mol. The molecule has 0 amide bonds. The molecule has 0 fully saturated rings. The average molecular weight is 502 g/mol. The Hall–Kier alpha value is -2.12. The molecule has 4 nitrogen and oxygen atoms in total. The largest absolute Gasteiger partial charge is 0.296 e. The first-order valence-corrected chi connectivity index (χ1v) is 12.5. The molecule has 0 saturated heterocycles. The highest BCUT2D eigenvalue weighted by atomic mass is 35.5. The number of aryl methyl sites for hydroxylation is 2. The summed E-state index contributed by atoms with van der Waals surface area (Å²) in [7, 11) is 0. The molecular formula is C24H21Cl2N3OS2. The lowest BCUT2D eigenvalue weighted by atomic mass is 9.99. The number of aromatic nitrogens is 3. The molecule has 32 heavy (non-hydrogen) atoms. The Balaban J connectivity index is 1.90. The van der Waals surface area contributed by atoms with Crippen molar-refractivity contribution in [3.8, 4) is 27.5 Å². The van der Waals surface area contributed by atoms with E-state index in [1.165, 1.54) is 11.3 Å². The Bertz CT molecular complexity index is 1310. The summed E-state index contributed by atoms with van der Waals surface area (Å²) in [6.07, 6.45) is 0.858. The topological polar surface area (TPSA) is 47.8 Å². The molecule has 2 aromatic heterocycles. The Morgan fingerprint density at radius 2 is 1.84 bits per heavy atom. The van der Waals surface area contributed by atoms with E-state index in [0.29, 0.717) is 26.1 Å². The minimum absolute atomic E-state index is 0.359. The number of thioether (sulfide) groups is 1.